The van der Waals surface area contributed by atoms with Crippen LogP contribution >= 0.6 is 11.3 Å². The Morgan fingerprint density at radius 1 is 1.36 bits per heavy atom. The molecule has 0 spiro atoms. The lowest BCUT2D eigenvalue weighted by Gasteiger charge is -2.19. The molecule has 1 aromatic heterocycles. The molecular formula is C12H18OS. The summed E-state index contributed by atoms with van der Waals surface area (Å²) in [5.74, 6) is 0.282. The first-order valence-corrected chi connectivity index (χ1v) is 5.96. The molecule has 0 aromatic carbocycles. The Morgan fingerprint density at radius 3 is 2.43 bits per heavy atom. The van der Waals surface area contributed by atoms with Crippen molar-refractivity contribution in [3.63, 3.8) is 0 Å². The van der Waals surface area contributed by atoms with Crippen molar-refractivity contribution >= 4 is 17.1 Å². The van der Waals surface area contributed by atoms with E-state index in [4.69, 9.17) is 0 Å². The van der Waals surface area contributed by atoms with E-state index in [0.29, 0.717) is 0 Å². The standard InChI is InChI=1S/C12H18OS/c1-5-9-7-8-10(14-9)11(13)12(3,4)6-2/h7-8H,5-6H2,1-4H3. The van der Waals surface area contributed by atoms with E-state index in [1.807, 2.05) is 19.9 Å². The summed E-state index contributed by atoms with van der Waals surface area (Å²) in [5.41, 5.74) is -0.212. The van der Waals surface area contributed by atoms with Crippen molar-refractivity contribution in [3.8, 4) is 0 Å². The van der Waals surface area contributed by atoms with Crippen LogP contribution in [0.15, 0.2) is 12.1 Å². The molecular weight excluding hydrogens is 192 g/mol. The van der Waals surface area contributed by atoms with Gasteiger partial charge in [-0.25, -0.2) is 0 Å². The second-order valence-corrected chi connectivity index (χ2v) is 5.35. The van der Waals surface area contributed by atoms with Crippen LogP contribution in [0.4, 0.5) is 0 Å². The summed E-state index contributed by atoms with van der Waals surface area (Å²) < 4.78 is 0. The maximum atomic E-state index is 12.0. The molecule has 0 saturated carbocycles. The van der Waals surface area contributed by atoms with Gasteiger partial charge in [0, 0.05) is 10.3 Å². The first-order valence-electron chi connectivity index (χ1n) is 5.14. The molecule has 1 aromatic rings. The summed E-state index contributed by atoms with van der Waals surface area (Å²) in [6.45, 7) is 8.21. The van der Waals surface area contributed by atoms with Gasteiger partial charge in [0.15, 0.2) is 5.78 Å². The Balaban J connectivity index is 2.89. The molecule has 0 saturated heterocycles. The lowest BCUT2D eigenvalue weighted by molar-refractivity contribution is 0.0837. The van der Waals surface area contributed by atoms with Crippen molar-refractivity contribution in [1.29, 1.82) is 0 Å². The number of Topliss-reactive ketones (excluding diaryl/α,β-unsaturated/α-hetero) is 1. The Bertz CT molecular complexity index is 323. The fourth-order valence-corrected chi connectivity index (χ4v) is 2.25. The van der Waals surface area contributed by atoms with Gasteiger partial charge < -0.3 is 0 Å². The van der Waals surface area contributed by atoms with E-state index in [1.165, 1.54) is 4.88 Å². The first-order chi connectivity index (χ1) is 6.51. The van der Waals surface area contributed by atoms with E-state index in [-0.39, 0.29) is 11.2 Å². The van der Waals surface area contributed by atoms with Crippen LogP contribution in [0.3, 0.4) is 0 Å². The first kappa shape index (κ1) is 11.4. The van der Waals surface area contributed by atoms with Crippen molar-refractivity contribution in [1.82, 2.24) is 0 Å². The predicted octanol–water partition coefficient (Wildman–Crippen LogP) is 3.93. The number of hydrogen-bond acceptors (Lipinski definition) is 2. The maximum Gasteiger partial charge on any atom is 0.178 e. The minimum atomic E-state index is -0.212. The SMILES string of the molecule is CCc1ccc(C(=O)C(C)(C)CC)s1. The quantitative estimate of drug-likeness (QED) is 0.688. The number of thiophene rings is 1. The third-order valence-corrected chi connectivity index (χ3v) is 3.96. The normalized spacial score (nSPS) is 11.7. The van der Waals surface area contributed by atoms with Gasteiger partial charge in [0.25, 0.3) is 0 Å². The molecule has 0 radical (unpaired) electrons. The number of aryl methyl sites for hydroxylation is 1. The average molecular weight is 210 g/mol. The molecule has 1 nitrogen and oxygen atoms in total. The van der Waals surface area contributed by atoms with Crippen molar-refractivity contribution in [3.05, 3.63) is 21.9 Å². The largest absolute Gasteiger partial charge is 0.293 e. The summed E-state index contributed by atoms with van der Waals surface area (Å²) in [4.78, 5) is 14.2. The average Bonchev–Trinajstić information content (AvgIpc) is 2.64. The van der Waals surface area contributed by atoms with Gasteiger partial charge in [-0.1, -0.05) is 27.7 Å². The van der Waals surface area contributed by atoms with Crippen molar-refractivity contribution in [2.24, 2.45) is 5.41 Å². The molecule has 0 atom stereocenters. The topological polar surface area (TPSA) is 17.1 Å². The molecule has 0 aliphatic rings. The van der Waals surface area contributed by atoms with E-state index < -0.39 is 0 Å². The van der Waals surface area contributed by atoms with Crippen LogP contribution in [-0.2, 0) is 6.42 Å². The van der Waals surface area contributed by atoms with Gasteiger partial charge in [-0.15, -0.1) is 11.3 Å². The molecule has 2 heteroatoms. The summed E-state index contributed by atoms with van der Waals surface area (Å²) in [6.07, 6.45) is 1.91. The van der Waals surface area contributed by atoms with Crippen molar-refractivity contribution in [2.45, 2.75) is 40.5 Å². The second-order valence-electron chi connectivity index (χ2n) is 4.19. The number of carbonyl (C=O) groups is 1. The van der Waals surface area contributed by atoms with Crippen LogP contribution in [0.25, 0.3) is 0 Å². The summed E-state index contributed by atoms with van der Waals surface area (Å²) in [7, 11) is 0. The Hall–Kier alpha value is -0.630. The summed E-state index contributed by atoms with van der Waals surface area (Å²) in [6, 6.07) is 4.02. The lowest BCUT2D eigenvalue weighted by Crippen LogP contribution is -2.22. The zero-order chi connectivity index (χ0) is 10.8. The number of ketones is 1. The van der Waals surface area contributed by atoms with E-state index >= 15 is 0 Å². The molecule has 0 N–H and O–H groups in total. The van der Waals surface area contributed by atoms with E-state index in [9.17, 15) is 4.79 Å². The van der Waals surface area contributed by atoms with Crippen LogP contribution in [0.5, 0.6) is 0 Å². The summed E-state index contributed by atoms with van der Waals surface area (Å²) in [5, 5.41) is 0. The fraction of sp³-hybridized carbons (Fsp3) is 0.583. The zero-order valence-electron chi connectivity index (χ0n) is 9.39. The van der Waals surface area contributed by atoms with E-state index in [2.05, 4.69) is 19.9 Å². The summed E-state index contributed by atoms with van der Waals surface area (Å²) >= 11 is 1.63. The van der Waals surface area contributed by atoms with Gasteiger partial charge in [-0.2, -0.15) is 0 Å². The smallest absolute Gasteiger partial charge is 0.178 e. The molecule has 1 rings (SSSR count). The molecule has 78 valence electrons. The predicted molar refractivity (Wildman–Crippen MR) is 62.1 cm³/mol. The van der Waals surface area contributed by atoms with Crippen LogP contribution in [0, 0.1) is 5.41 Å². The van der Waals surface area contributed by atoms with Gasteiger partial charge in [0.2, 0.25) is 0 Å². The molecule has 0 fully saturated rings. The molecule has 14 heavy (non-hydrogen) atoms. The van der Waals surface area contributed by atoms with Crippen molar-refractivity contribution in [2.75, 3.05) is 0 Å². The van der Waals surface area contributed by atoms with Gasteiger partial charge in [-0.3, -0.25) is 4.79 Å². The Morgan fingerprint density at radius 2 is 2.00 bits per heavy atom. The third kappa shape index (κ3) is 2.24. The molecule has 1 heterocycles. The van der Waals surface area contributed by atoms with Gasteiger partial charge >= 0.3 is 0 Å². The maximum absolute atomic E-state index is 12.0. The number of hydrogen-bond donors (Lipinski definition) is 0. The number of rotatable bonds is 4. The van der Waals surface area contributed by atoms with E-state index in [1.54, 1.807) is 11.3 Å². The highest BCUT2D eigenvalue weighted by molar-refractivity contribution is 7.14. The highest BCUT2D eigenvalue weighted by Gasteiger charge is 2.27. The van der Waals surface area contributed by atoms with E-state index in [0.717, 1.165) is 17.7 Å². The lowest BCUT2D eigenvalue weighted by atomic mass is 9.85. The Kier molecular flexibility index (Phi) is 3.48. The second kappa shape index (κ2) is 4.26. The minimum absolute atomic E-state index is 0.212. The minimum Gasteiger partial charge on any atom is -0.293 e. The van der Waals surface area contributed by atoms with Crippen LogP contribution < -0.4 is 0 Å². The monoisotopic (exact) mass is 210 g/mol. The molecule has 0 bridgehead atoms. The third-order valence-electron chi connectivity index (χ3n) is 2.73. The number of carbonyl (C=O) groups excluding carboxylic acids is 1. The van der Waals surface area contributed by atoms with Crippen LogP contribution in [-0.4, -0.2) is 5.78 Å². The zero-order valence-corrected chi connectivity index (χ0v) is 10.2. The van der Waals surface area contributed by atoms with Crippen LogP contribution in [0.1, 0.15) is 48.7 Å². The van der Waals surface area contributed by atoms with Gasteiger partial charge in [0.05, 0.1) is 4.88 Å². The molecule has 0 unspecified atom stereocenters. The Labute approximate surface area is 90.2 Å². The molecule has 0 aliphatic heterocycles. The highest BCUT2D eigenvalue weighted by atomic mass is 32.1. The van der Waals surface area contributed by atoms with Crippen LogP contribution in [0.2, 0.25) is 0 Å². The molecule has 0 aliphatic carbocycles. The fourth-order valence-electron chi connectivity index (χ4n) is 1.18. The molecule has 0 amide bonds. The van der Waals surface area contributed by atoms with Crippen molar-refractivity contribution < 1.29 is 4.79 Å². The van der Waals surface area contributed by atoms with Gasteiger partial charge in [0.1, 0.15) is 0 Å². The highest BCUT2D eigenvalue weighted by Crippen LogP contribution is 2.29. The van der Waals surface area contributed by atoms with Gasteiger partial charge in [-0.05, 0) is 25.0 Å².